The summed E-state index contributed by atoms with van der Waals surface area (Å²) in [5, 5.41) is 0. The van der Waals surface area contributed by atoms with Gasteiger partial charge >= 0.3 is 0 Å². The van der Waals surface area contributed by atoms with Crippen LogP contribution in [-0.2, 0) is 0 Å². The maximum Gasteiger partial charge on any atom is 0.265 e. The van der Waals surface area contributed by atoms with E-state index in [2.05, 4.69) is 19.9 Å². The molecule has 0 bridgehead atoms. The zero-order valence-electron chi connectivity index (χ0n) is 10.8. The lowest BCUT2D eigenvalue weighted by atomic mass is 10.4. The fourth-order valence-corrected chi connectivity index (χ4v) is 1.04. The van der Waals surface area contributed by atoms with Crippen LogP contribution in [-0.4, -0.2) is 25.8 Å². The zero-order valence-corrected chi connectivity index (χ0v) is 10.8. The molecular weight excluding hydrogens is 254 g/mol. The molecule has 6 nitrogen and oxygen atoms in total. The number of carbonyl (C=O) groups excluding carboxylic acids is 1. The van der Waals surface area contributed by atoms with Crippen LogP contribution < -0.4 is 5.73 Å². The van der Waals surface area contributed by atoms with E-state index in [0.29, 0.717) is 0 Å². The lowest BCUT2D eigenvalue weighted by molar-refractivity contribution is 0.0995. The average Bonchev–Trinajstić information content (AvgIpc) is 2.43. The molecule has 1 amide bonds. The molecule has 1 aromatic rings. The number of H-pyrrole nitrogens is 1. The predicted molar refractivity (Wildman–Crippen MR) is 75.6 cm³/mol. The summed E-state index contributed by atoms with van der Waals surface area (Å²) in [6.07, 6.45) is 10.7. The van der Waals surface area contributed by atoms with Gasteiger partial charge in [-0.15, -0.1) is 0 Å². The number of nitrogens with zero attached hydrogens (tertiary/aromatic N) is 3. The third-order valence-electron chi connectivity index (χ3n) is 1.91. The summed E-state index contributed by atoms with van der Waals surface area (Å²) in [5.74, 6) is -0.571. The molecule has 0 spiro atoms. The Balaban J connectivity index is 3.25. The Labute approximate surface area is 116 Å². The fourth-order valence-electron chi connectivity index (χ4n) is 1.04. The Morgan fingerprint density at radius 3 is 2.15 bits per heavy atom. The summed E-state index contributed by atoms with van der Waals surface area (Å²) in [7, 11) is 0. The Morgan fingerprint density at radius 1 is 0.850 bits per heavy atom. The van der Waals surface area contributed by atoms with Crippen molar-refractivity contribution in [2.24, 2.45) is 5.73 Å². The maximum absolute atomic E-state index is 11.1. The van der Waals surface area contributed by atoms with Crippen LogP contribution in [0.3, 0.4) is 0 Å². The quantitative estimate of drug-likeness (QED) is 0.810. The van der Waals surface area contributed by atoms with Crippen LogP contribution in [0.15, 0.2) is 73.7 Å². The van der Waals surface area contributed by atoms with Crippen molar-refractivity contribution >= 4 is 5.91 Å². The molecule has 0 fully saturated rings. The lowest BCUT2D eigenvalue weighted by Gasteiger charge is -1.88. The highest BCUT2D eigenvalue weighted by molar-refractivity contribution is 5.90. The van der Waals surface area contributed by atoms with Gasteiger partial charge in [-0.05, 0) is 18.2 Å². The highest BCUT2D eigenvalue weighted by Crippen LogP contribution is 1.84. The Kier molecular flexibility index (Phi) is 7.49. The van der Waals surface area contributed by atoms with Gasteiger partial charge in [0, 0.05) is 43.4 Å². The van der Waals surface area contributed by atoms with Crippen molar-refractivity contribution in [3.05, 3.63) is 79.4 Å². The zero-order chi connectivity index (χ0) is 14.5. The first-order valence-electron chi connectivity index (χ1n) is 5.79. The van der Waals surface area contributed by atoms with Gasteiger partial charge in [0.25, 0.3) is 5.91 Å². The van der Waals surface area contributed by atoms with Crippen LogP contribution in [0, 0.1) is 0 Å². The van der Waals surface area contributed by atoms with E-state index in [4.69, 9.17) is 5.73 Å². The molecule has 3 N–H and O–H groups in total. The number of aromatic nitrogens is 4. The number of rotatable bonds is 1. The molecule has 0 radical (unpaired) electrons. The molecule has 0 aliphatic rings. The van der Waals surface area contributed by atoms with Crippen LogP contribution in [0.2, 0.25) is 0 Å². The van der Waals surface area contributed by atoms with Gasteiger partial charge < -0.3 is 10.7 Å². The van der Waals surface area contributed by atoms with E-state index >= 15 is 0 Å². The molecule has 102 valence electrons. The largest absolute Gasteiger partial charge is 0.364 e. The summed E-state index contributed by atoms with van der Waals surface area (Å²) in [5.41, 5.74) is 5.45. The van der Waals surface area contributed by atoms with Crippen LogP contribution >= 0.6 is 0 Å². The molecule has 0 saturated heterocycles. The standard InChI is InChI=1S/C14H15N5O/c15-14(20)13-5-8-17-10-12-18-11-9-16-6-3-1-2-4-7-19-13/h1-12,19H,(H2,15,20). The van der Waals surface area contributed by atoms with Gasteiger partial charge in [-0.2, -0.15) is 0 Å². The first-order chi connectivity index (χ1) is 9.80. The van der Waals surface area contributed by atoms with Gasteiger partial charge in [-0.3, -0.25) is 19.7 Å². The van der Waals surface area contributed by atoms with Gasteiger partial charge in [0.2, 0.25) is 0 Å². The van der Waals surface area contributed by atoms with Crippen LogP contribution in [0.25, 0.3) is 0 Å². The van der Waals surface area contributed by atoms with E-state index < -0.39 is 5.91 Å². The van der Waals surface area contributed by atoms with Gasteiger partial charge in [0.15, 0.2) is 0 Å². The number of aromatic amines is 1. The molecule has 1 rings (SSSR count). The number of hydrogen-bond donors (Lipinski definition) is 2. The summed E-state index contributed by atoms with van der Waals surface area (Å²) < 4.78 is 0. The van der Waals surface area contributed by atoms with Crippen molar-refractivity contribution in [3.8, 4) is 0 Å². The second-order valence-corrected chi connectivity index (χ2v) is 3.37. The number of primary amides is 1. The topological polar surface area (TPSA) is 97.6 Å². The minimum atomic E-state index is -0.571. The molecule has 0 aromatic carbocycles. The number of nitrogens with two attached hydrogens (primary N) is 1. The molecule has 1 heterocycles. The predicted octanol–water partition coefficient (Wildman–Crippen LogP) is 1.67. The third kappa shape index (κ3) is 7.33. The molecule has 0 aliphatic carbocycles. The minimum absolute atomic E-state index is 0.235. The molecular formula is C14H15N5O. The van der Waals surface area contributed by atoms with E-state index in [0.717, 1.165) is 0 Å². The van der Waals surface area contributed by atoms with E-state index in [1.807, 2.05) is 0 Å². The van der Waals surface area contributed by atoms with Gasteiger partial charge in [-0.1, -0.05) is 12.1 Å². The second-order valence-electron chi connectivity index (χ2n) is 3.37. The average molecular weight is 269 g/mol. The normalized spacial score (nSPS) is 8.40. The van der Waals surface area contributed by atoms with E-state index in [1.54, 1.807) is 42.9 Å². The Bertz CT molecular complexity index is 551. The minimum Gasteiger partial charge on any atom is -0.364 e. The van der Waals surface area contributed by atoms with Crippen molar-refractivity contribution < 1.29 is 4.79 Å². The van der Waals surface area contributed by atoms with Crippen molar-refractivity contribution in [2.45, 2.75) is 0 Å². The Morgan fingerprint density at radius 2 is 1.45 bits per heavy atom. The highest BCUT2D eigenvalue weighted by Gasteiger charge is 1.93. The van der Waals surface area contributed by atoms with E-state index in [9.17, 15) is 4.79 Å². The number of carbonyl (C=O) groups is 1. The van der Waals surface area contributed by atoms with Crippen LogP contribution in [0.5, 0.6) is 0 Å². The molecule has 0 aliphatic heterocycles. The monoisotopic (exact) mass is 269 g/mol. The SMILES string of the molecule is NC(=O)c1ccnccnccncccccc[nH]1. The molecule has 0 atom stereocenters. The lowest BCUT2D eigenvalue weighted by Crippen LogP contribution is -2.11. The van der Waals surface area contributed by atoms with E-state index in [1.165, 1.54) is 30.9 Å². The number of nitrogens with one attached hydrogen (secondary N) is 1. The smallest absolute Gasteiger partial charge is 0.265 e. The maximum atomic E-state index is 11.1. The molecule has 6 heteroatoms. The van der Waals surface area contributed by atoms with Gasteiger partial charge in [0.1, 0.15) is 5.69 Å². The first kappa shape index (κ1) is 15.0. The third-order valence-corrected chi connectivity index (χ3v) is 1.91. The number of amides is 1. The highest BCUT2D eigenvalue weighted by atomic mass is 16.1. The number of hydrogen-bond acceptors (Lipinski definition) is 4. The second kappa shape index (κ2) is 9.95. The first-order valence-corrected chi connectivity index (χ1v) is 5.79. The van der Waals surface area contributed by atoms with Gasteiger partial charge in [0.05, 0.1) is 0 Å². The van der Waals surface area contributed by atoms with E-state index in [-0.39, 0.29) is 5.69 Å². The van der Waals surface area contributed by atoms with Crippen LogP contribution in [0.4, 0.5) is 0 Å². The summed E-state index contributed by atoms with van der Waals surface area (Å²) in [6.45, 7) is 0. The van der Waals surface area contributed by atoms with Crippen molar-refractivity contribution in [1.82, 2.24) is 19.9 Å². The Hall–Kier alpha value is -3.02. The van der Waals surface area contributed by atoms with Crippen molar-refractivity contribution in [2.75, 3.05) is 0 Å². The molecule has 0 saturated carbocycles. The summed E-state index contributed by atoms with van der Waals surface area (Å²) in [6, 6.07) is 8.53. The molecule has 0 unspecified atom stereocenters. The fraction of sp³-hybridized carbons (Fsp3) is 0. The summed E-state index contributed by atoms with van der Waals surface area (Å²) >= 11 is 0. The van der Waals surface area contributed by atoms with Crippen LogP contribution in [0.1, 0.15) is 10.5 Å². The molecule has 20 heavy (non-hydrogen) atoms. The summed E-state index contributed by atoms with van der Waals surface area (Å²) in [4.78, 5) is 25.7. The molecule has 1 aromatic heterocycles. The van der Waals surface area contributed by atoms with Crippen molar-refractivity contribution in [1.29, 1.82) is 0 Å². The van der Waals surface area contributed by atoms with Crippen molar-refractivity contribution in [3.63, 3.8) is 0 Å². The van der Waals surface area contributed by atoms with Gasteiger partial charge in [-0.25, -0.2) is 0 Å².